The maximum absolute atomic E-state index is 12.7. The summed E-state index contributed by atoms with van der Waals surface area (Å²) in [4.78, 5) is 19.1. The summed E-state index contributed by atoms with van der Waals surface area (Å²) in [5, 5.41) is 4.17. The van der Waals surface area contributed by atoms with Crippen LogP contribution in [0.2, 0.25) is 0 Å². The Balaban J connectivity index is 1.45. The fourth-order valence-corrected chi connectivity index (χ4v) is 3.73. The first kappa shape index (κ1) is 21.1. The lowest BCUT2D eigenvalue weighted by molar-refractivity contribution is -0.117. The predicted octanol–water partition coefficient (Wildman–Crippen LogP) is 5.56. The van der Waals surface area contributed by atoms with E-state index < -0.39 is 0 Å². The number of carbonyl (C=O) groups is 1. The fraction of sp³-hybridized carbons (Fsp3) is 0.400. The van der Waals surface area contributed by atoms with E-state index in [1.165, 1.54) is 5.56 Å². The maximum atomic E-state index is 12.7. The Kier molecular flexibility index (Phi) is 6.35. The van der Waals surface area contributed by atoms with Crippen molar-refractivity contribution in [2.24, 2.45) is 0 Å². The van der Waals surface area contributed by atoms with E-state index in [2.05, 4.69) is 43.0 Å². The normalized spacial score (nSPS) is 16.3. The van der Waals surface area contributed by atoms with Crippen LogP contribution in [0.5, 0.6) is 5.75 Å². The zero-order valence-corrected chi connectivity index (χ0v) is 18.4. The summed E-state index contributed by atoms with van der Waals surface area (Å²) in [6.07, 6.45) is 2.52. The topological polar surface area (TPSA) is 68.5 Å². The molecular weight excluding hydrogens is 390 g/mol. The second-order valence-corrected chi connectivity index (χ2v) is 8.34. The van der Waals surface area contributed by atoms with Gasteiger partial charge in [-0.1, -0.05) is 44.5 Å². The number of ether oxygens (including phenoxy) is 1. The third-order valence-corrected chi connectivity index (χ3v) is 5.65. The van der Waals surface area contributed by atoms with E-state index in [4.69, 9.17) is 9.26 Å². The molecule has 1 aromatic heterocycles. The Morgan fingerprint density at radius 3 is 2.74 bits per heavy atom. The molecule has 1 aliphatic heterocycles. The van der Waals surface area contributed by atoms with Gasteiger partial charge in [-0.05, 0) is 54.3 Å². The van der Waals surface area contributed by atoms with Crippen LogP contribution in [-0.4, -0.2) is 29.2 Å². The smallest absolute Gasteiger partial charge is 0.257 e. The van der Waals surface area contributed by atoms with Gasteiger partial charge in [-0.15, -0.1) is 0 Å². The van der Waals surface area contributed by atoms with Gasteiger partial charge >= 0.3 is 0 Å². The van der Waals surface area contributed by atoms with E-state index in [0.29, 0.717) is 37.2 Å². The SMILES string of the molecule is CCCCOc1ccc(-c2nc(C3CC(=O)N(c4cccc(C(C)C)c4)C3)no2)cc1. The highest BCUT2D eigenvalue weighted by Crippen LogP contribution is 2.33. The van der Waals surface area contributed by atoms with E-state index >= 15 is 0 Å². The molecule has 1 fully saturated rings. The molecule has 1 amide bonds. The Hall–Kier alpha value is -3.15. The van der Waals surface area contributed by atoms with Crippen LogP contribution in [0.3, 0.4) is 0 Å². The molecule has 2 aromatic carbocycles. The first-order valence-electron chi connectivity index (χ1n) is 11.0. The molecule has 162 valence electrons. The highest BCUT2D eigenvalue weighted by atomic mass is 16.5. The van der Waals surface area contributed by atoms with E-state index in [9.17, 15) is 4.79 Å². The van der Waals surface area contributed by atoms with Gasteiger partial charge in [0.2, 0.25) is 5.91 Å². The van der Waals surface area contributed by atoms with E-state index in [1.807, 2.05) is 41.3 Å². The number of amides is 1. The van der Waals surface area contributed by atoms with Gasteiger partial charge in [-0.3, -0.25) is 4.79 Å². The third-order valence-electron chi connectivity index (χ3n) is 5.65. The quantitative estimate of drug-likeness (QED) is 0.447. The van der Waals surface area contributed by atoms with Crippen molar-refractivity contribution in [3.8, 4) is 17.2 Å². The van der Waals surface area contributed by atoms with Crippen molar-refractivity contribution >= 4 is 11.6 Å². The Bertz CT molecular complexity index is 1030. The van der Waals surface area contributed by atoms with Crippen LogP contribution in [-0.2, 0) is 4.79 Å². The molecule has 6 heteroatoms. The Morgan fingerprint density at radius 2 is 2.00 bits per heavy atom. The molecule has 0 bridgehead atoms. The van der Waals surface area contributed by atoms with Crippen LogP contribution in [0.4, 0.5) is 5.69 Å². The van der Waals surface area contributed by atoms with E-state index in [1.54, 1.807) is 0 Å². The van der Waals surface area contributed by atoms with Crippen molar-refractivity contribution in [2.45, 2.75) is 51.9 Å². The summed E-state index contributed by atoms with van der Waals surface area (Å²) in [5.41, 5.74) is 2.99. The summed E-state index contributed by atoms with van der Waals surface area (Å²) < 4.78 is 11.2. The van der Waals surface area contributed by atoms with Gasteiger partial charge in [0.05, 0.1) is 6.61 Å². The summed E-state index contributed by atoms with van der Waals surface area (Å²) >= 11 is 0. The van der Waals surface area contributed by atoms with Crippen LogP contribution in [0, 0.1) is 0 Å². The molecule has 0 N–H and O–H groups in total. The summed E-state index contributed by atoms with van der Waals surface area (Å²) in [6, 6.07) is 15.8. The number of nitrogens with zero attached hydrogens (tertiary/aromatic N) is 3. The minimum absolute atomic E-state index is 0.0793. The minimum atomic E-state index is -0.0793. The van der Waals surface area contributed by atoms with Crippen molar-refractivity contribution in [1.82, 2.24) is 10.1 Å². The second kappa shape index (κ2) is 9.33. The second-order valence-electron chi connectivity index (χ2n) is 8.34. The molecule has 4 rings (SSSR count). The molecule has 31 heavy (non-hydrogen) atoms. The zero-order valence-electron chi connectivity index (χ0n) is 18.4. The molecule has 1 unspecified atom stereocenters. The number of carbonyl (C=O) groups excluding carboxylic acids is 1. The van der Waals surface area contributed by atoms with Crippen LogP contribution in [0.25, 0.3) is 11.5 Å². The predicted molar refractivity (Wildman–Crippen MR) is 120 cm³/mol. The van der Waals surface area contributed by atoms with Crippen molar-refractivity contribution in [3.63, 3.8) is 0 Å². The summed E-state index contributed by atoms with van der Waals surface area (Å²) in [5.74, 6) is 2.29. The van der Waals surface area contributed by atoms with Gasteiger partial charge in [0.25, 0.3) is 5.89 Å². The first-order valence-corrected chi connectivity index (χ1v) is 11.0. The van der Waals surface area contributed by atoms with Crippen molar-refractivity contribution in [3.05, 3.63) is 59.9 Å². The van der Waals surface area contributed by atoms with Crippen molar-refractivity contribution in [2.75, 3.05) is 18.1 Å². The molecular formula is C25H29N3O3. The van der Waals surface area contributed by atoms with Gasteiger partial charge in [0, 0.05) is 30.1 Å². The molecule has 0 radical (unpaired) electrons. The molecule has 0 saturated carbocycles. The molecule has 1 atom stereocenters. The lowest BCUT2D eigenvalue weighted by Gasteiger charge is -2.18. The van der Waals surface area contributed by atoms with E-state index in [-0.39, 0.29) is 11.8 Å². The van der Waals surface area contributed by atoms with Crippen LogP contribution >= 0.6 is 0 Å². The number of hydrogen-bond donors (Lipinski definition) is 0. The first-order chi connectivity index (χ1) is 15.0. The number of rotatable bonds is 8. The third kappa shape index (κ3) is 4.79. The van der Waals surface area contributed by atoms with Crippen LogP contribution in [0.15, 0.2) is 53.1 Å². The van der Waals surface area contributed by atoms with Gasteiger partial charge in [-0.2, -0.15) is 4.98 Å². The highest BCUT2D eigenvalue weighted by molar-refractivity contribution is 5.96. The summed E-state index contributed by atoms with van der Waals surface area (Å²) in [6.45, 7) is 7.72. The molecule has 1 aliphatic rings. The molecule has 0 aliphatic carbocycles. The molecule has 1 saturated heterocycles. The standard InChI is InChI=1S/C25H29N3O3/c1-4-5-13-30-22-11-9-18(10-12-22)25-26-24(27-31-25)20-15-23(29)28(16-20)21-8-6-7-19(14-21)17(2)3/h6-12,14,17,20H,4-5,13,15-16H2,1-3H3. The maximum Gasteiger partial charge on any atom is 0.257 e. The van der Waals surface area contributed by atoms with Gasteiger partial charge in [0.15, 0.2) is 5.82 Å². The van der Waals surface area contributed by atoms with Gasteiger partial charge in [0.1, 0.15) is 5.75 Å². The number of anilines is 1. The van der Waals surface area contributed by atoms with Gasteiger partial charge in [-0.25, -0.2) is 0 Å². The molecule has 6 nitrogen and oxygen atoms in total. The Labute approximate surface area is 183 Å². The average molecular weight is 420 g/mol. The van der Waals surface area contributed by atoms with Crippen molar-refractivity contribution in [1.29, 1.82) is 0 Å². The zero-order chi connectivity index (χ0) is 21.8. The molecule has 2 heterocycles. The van der Waals surface area contributed by atoms with E-state index in [0.717, 1.165) is 29.8 Å². The van der Waals surface area contributed by atoms with Crippen molar-refractivity contribution < 1.29 is 14.1 Å². The number of aromatic nitrogens is 2. The number of unbranched alkanes of at least 4 members (excludes halogenated alkanes) is 1. The summed E-state index contributed by atoms with van der Waals surface area (Å²) in [7, 11) is 0. The largest absolute Gasteiger partial charge is 0.494 e. The van der Waals surface area contributed by atoms with Crippen LogP contribution < -0.4 is 9.64 Å². The van der Waals surface area contributed by atoms with Crippen LogP contribution in [0.1, 0.15) is 63.3 Å². The highest BCUT2D eigenvalue weighted by Gasteiger charge is 2.34. The Morgan fingerprint density at radius 1 is 1.19 bits per heavy atom. The monoisotopic (exact) mass is 419 g/mol. The number of hydrogen-bond acceptors (Lipinski definition) is 5. The minimum Gasteiger partial charge on any atom is -0.494 e. The lowest BCUT2D eigenvalue weighted by atomic mass is 10.0. The fourth-order valence-electron chi connectivity index (χ4n) is 3.73. The molecule has 3 aromatic rings. The number of benzene rings is 2. The van der Waals surface area contributed by atoms with Gasteiger partial charge < -0.3 is 14.2 Å². The lowest BCUT2D eigenvalue weighted by Crippen LogP contribution is -2.24. The molecule has 0 spiro atoms. The average Bonchev–Trinajstić information content (AvgIpc) is 3.41.